The molecule has 0 aromatic heterocycles. The topological polar surface area (TPSA) is 35.5 Å². The van der Waals surface area contributed by atoms with Gasteiger partial charge in [-0.25, -0.2) is 0 Å². The van der Waals surface area contributed by atoms with Crippen LogP contribution in [0.2, 0.25) is 0 Å². The highest BCUT2D eigenvalue weighted by Crippen LogP contribution is 2.25. The summed E-state index contributed by atoms with van der Waals surface area (Å²) in [6.45, 7) is 2.46. The summed E-state index contributed by atoms with van der Waals surface area (Å²) >= 11 is 0. The van der Waals surface area contributed by atoms with Crippen LogP contribution < -0.4 is 5.32 Å². The van der Waals surface area contributed by atoms with Crippen LogP contribution >= 0.6 is 0 Å². The van der Waals surface area contributed by atoms with Crippen molar-refractivity contribution in [3.05, 3.63) is 0 Å². The van der Waals surface area contributed by atoms with E-state index in [0.29, 0.717) is 6.04 Å². The van der Waals surface area contributed by atoms with Gasteiger partial charge in [0, 0.05) is 12.6 Å². The monoisotopic (exact) mass is 212 g/mol. The molecule has 3 nitrogen and oxygen atoms in total. The summed E-state index contributed by atoms with van der Waals surface area (Å²) in [5.41, 5.74) is -0.0119. The predicted octanol–water partition coefficient (Wildman–Crippen LogP) is 0.975. The van der Waals surface area contributed by atoms with Gasteiger partial charge in [0.2, 0.25) is 0 Å². The Morgan fingerprint density at radius 3 is 2.67 bits per heavy atom. The zero-order valence-electron chi connectivity index (χ0n) is 9.84. The predicted molar refractivity (Wildman–Crippen MR) is 61.9 cm³/mol. The Balaban J connectivity index is 1.93. The summed E-state index contributed by atoms with van der Waals surface area (Å²) in [5, 5.41) is 13.4. The lowest BCUT2D eigenvalue weighted by Gasteiger charge is -2.42. The smallest absolute Gasteiger partial charge is 0.0625 e. The van der Waals surface area contributed by atoms with Crippen molar-refractivity contribution in [3.8, 4) is 0 Å². The van der Waals surface area contributed by atoms with Crippen LogP contribution in [-0.2, 0) is 0 Å². The van der Waals surface area contributed by atoms with Crippen molar-refractivity contribution in [2.24, 2.45) is 0 Å². The quantitative estimate of drug-likeness (QED) is 0.732. The molecule has 0 bridgehead atoms. The average Bonchev–Trinajstić information content (AvgIpc) is 2.70. The molecule has 1 atom stereocenters. The summed E-state index contributed by atoms with van der Waals surface area (Å²) in [7, 11) is 2.15. The first-order chi connectivity index (χ1) is 7.24. The maximum Gasteiger partial charge on any atom is 0.0625 e. The van der Waals surface area contributed by atoms with Gasteiger partial charge in [-0.2, -0.15) is 0 Å². The molecule has 0 amide bonds. The van der Waals surface area contributed by atoms with Crippen LogP contribution in [0.4, 0.5) is 0 Å². The van der Waals surface area contributed by atoms with Gasteiger partial charge in [0.1, 0.15) is 0 Å². The van der Waals surface area contributed by atoms with Crippen molar-refractivity contribution < 1.29 is 5.11 Å². The molecule has 3 heteroatoms. The van der Waals surface area contributed by atoms with Crippen molar-refractivity contribution in [1.82, 2.24) is 10.2 Å². The van der Waals surface area contributed by atoms with E-state index >= 15 is 0 Å². The Morgan fingerprint density at radius 2 is 2.07 bits per heavy atom. The minimum absolute atomic E-state index is 0.0119. The van der Waals surface area contributed by atoms with E-state index in [2.05, 4.69) is 17.3 Å². The molecule has 1 aliphatic carbocycles. The van der Waals surface area contributed by atoms with E-state index in [1.165, 1.54) is 38.6 Å². The minimum Gasteiger partial charge on any atom is -0.394 e. The van der Waals surface area contributed by atoms with Crippen LogP contribution in [0.25, 0.3) is 0 Å². The van der Waals surface area contributed by atoms with Gasteiger partial charge >= 0.3 is 0 Å². The number of piperidine rings is 1. The number of likely N-dealkylation sites (tertiary alicyclic amines) is 1. The van der Waals surface area contributed by atoms with Gasteiger partial charge in [-0.3, -0.25) is 0 Å². The van der Waals surface area contributed by atoms with Crippen LogP contribution in [0.1, 0.15) is 38.5 Å². The molecule has 1 unspecified atom stereocenters. The van der Waals surface area contributed by atoms with Crippen molar-refractivity contribution in [1.29, 1.82) is 0 Å². The van der Waals surface area contributed by atoms with Crippen LogP contribution in [0.15, 0.2) is 0 Å². The zero-order valence-corrected chi connectivity index (χ0v) is 9.84. The molecule has 0 aromatic carbocycles. The maximum atomic E-state index is 9.63. The molecule has 1 heterocycles. The summed E-state index contributed by atoms with van der Waals surface area (Å²) in [4.78, 5) is 2.33. The maximum absolute atomic E-state index is 9.63. The molecule has 1 saturated heterocycles. The fraction of sp³-hybridized carbons (Fsp3) is 1.00. The van der Waals surface area contributed by atoms with Gasteiger partial charge in [0.25, 0.3) is 0 Å². The third kappa shape index (κ3) is 2.71. The molecule has 2 rings (SSSR count). The molecule has 2 aliphatic rings. The van der Waals surface area contributed by atoms with Gasteiger partial charge in [-0.05, 0) is 39.3 Å². The van der Waals surface area contributed by atoms with E-state index in [-0.39, 0.29) is 12.1 Å². The number of nitrogens with one attached hydrogen (secondary N) is 1. The second-order valence-electron chi connectivity index (χ2n) is 5.41. The fourth-order valence-corrected chi connectivity index (χ4v) is 3.16. The molecule has 88 valence electrons. The summed E-state index contributed by atoms with van der Waals surface area (Å²) in [6, 6.07) is 0.656. The zero-order chi connectivity index (χ0) is 10.7. The van der Waals surface area contributed by atoms with Crippen molar-refractivity contribution >= 4 is 0 Å². The van der Waals surface area contributed by atoms with E-state index in [9.17, 15) is 5.11 Å². The second kappa shape index (κ2) is 4.81. The number of nitrogens with zero attached hydrogens (tertiary/aromatic N) is 1. The Bertz CT molecular complexity index is 204. The van der Waals surface area contributed by atoms with E-state index < -0.39 is 0 Å². The Labute approximate surface area is 92.8 Å². The lowest BCUT2D eigenvalue weighted by Crippen LogP contribution is -2.60. The Kier molecular flexibility index (Phi) is 3.65. The SMILES string of the molecule is CN1CCCC(CO)(NC2CCCC2)C1. The fourth-order valence-electron chi connectivity index (χ4n) is 3.16. The number of hydrogen-bond acceptors (Lipinski definition) is 3. The summed E-state index contributed by atoms with van der Waals surface area (Å²) in [5.74, 6) is 0. The molecule has 2 fully saturated rings. The molecule has 0 spiro atoms. The molecular weight excluding hydrogens is 188 g/mol. The molecule has 0 aromatic rings. The van der Waals surface area contributed by atoms with Crippen molar-refractivity contribution in [2.75, 3.05) is 26.7 Å². The molecule has 1 aliphatic heterocycles. The lowest BCUT2D eigenvalue weighted by molar-refractivity contribution is 0.0709. The first-order valence-corrected chi connectivity index (χ1v) is 6.31. The number of aliphatic hydroxyl groups is 1. The number of hydrogen-bond donors (Lipinski definition) is 2. The number of rotatable bonds is 3. The average molecular weight is 212 g/mol. The van der Waals surface area contributed by atoms with E-state index in [1.807, 2.05) is 0 Å². The Hall–Kier alpha value is -0.120. The highest BCUT2D eigenvalue weighted by Gasteiger charge is 2.35. The minimum atomic E-state index is -0.0119. The first-order valence-electron chi connectivity index (χ1n) is 6.31. The van der Waals surface area contributed by atoms with Gasteiger partial charge in [-0.1, -0.05) is 12.8 Å². The van der Waals surface area contributed by atoms with Crippen molar-refractivity contribution in [2.45, 2.75) is 50.1 Å². The summed E-state index contributed by atoms with van der Waals surface area (Å²) in [6.07, 6.45) is 7.64. The van der Waals surface area contributed by atoms with E-state index in [0.717, 1.165) is 13.0 Å². The molecular formula is C12H24N2O. The van der Waals surface area contributed by atoms with Crippen LogP contribution in [0.5, 0.6) is 0 Å². The van der Waals surface area contributed by atoms with Gasteiger partial charge < -0.3 is 15.3 Å². The normalized spacial score (nSPS) is 34.8. The van der Waals surface area contributed by atoms with Crippen LogP contribution in [0.3, 0.4) is 0 Å². The highest BCUT2D eigenvalue weighted by molar-refractivity contribution is 4.96. The van der Waals surface area contributed by atoms with Gasteiger partial charge in [0.15, 0.2) is 0 Å². The van der Waals surface area contributed by atoms with Gasteiger partial charge in [0.05, 0.1) is 12.1 Å². The molecule has 1 saturated carbocycles. The number of likely N-dealkylation sites (N-methyl/N-ethyl adjacent to an activating group) is 1. The first kappa shape index (κ1) is 11.4. The standard InChI is InChI=1S/C12H24N2O/c1-14-8-4-7-12(9-14,10-15)13-11-5-2-3-6-11/h11,13,15H,2-10H2,1H3. The number of aliphatic hydroxyl groups excluding tert-OH is 1. The lowest BCUT2D eigenvalue weighted by atomic mass is 9.89. The van der Waals surface area contributed by atoms with Crippen molar-refractivity contribution in [3.63, 3.8) is 0 Å². The van der Waals surface area contributed by atoms with Crippen LogP contribution in [-0.4, -0.2) is 48.3 Å². The molecule has 2 N–H and O–H groups in total. The third-order valence-corrected chi connectivity index (χ3v) is 3.94. The van der Waals surface area contributed by atoms with Gasteiger partial charge in [-0.15, -0.1) is 0 Å². The molecule has 15 heavy (non-hydrogen) atoms. The van der Waals surface area contributed by atoms with E-state index in [4.69, 9.17) is 0 Å². The van der Waals surface area contributed by atoms with E-state index in [1.54, 1.807) is 0 Å². The summed E-state index contributed by atoms with van der Waals surface area (Å²) < 4.78 is 0. The highest BCUT2D eigenvalue weighted by atomic mass is 16.3. The third-order valence-electron chi connectivity index (χ3n) is 3.94. The Morgan fingerprint density at radius 1 is 1.33 bits per heavy atom. The molecule has 0 radical (unpaired) electrons. The van der Waals surface area contributed by atoms with Crippen LogP contribution in [0, 0.1) is 0 Å². The largest absolute Gasteiger partial charge is 0.394 e. The second-order valence-corrected chi connectivity index (χ2v) is 5.41.